The zero-order valence-electron chi connectivity index (χ0n) is 14.4. The number of ether oxygens (including phenoxy) is 1. The van der Waals surface area contributed by atoms with Crippen LogP contribution >= 0.6 is 0 Å². The Kier molecular flexibility index (Phi) is 5.75. The Bertz CT molecular complexity index is 573. The second-order valence-corrected chi connectivity index (χ2v) is 6.91. The van der Waals surface area contributed by atoms with E-state index in [0.717, 1.165) is 25.7 Å². The molecule has 0 N–H and O–H groups in total. The third-order valence-corrected chi connectivity index (χ3v) is 5.30. The van der Waals surface area contributed by atoms with E-state index in [2.05, 4.69) is 17.2 Å². The van der Waals surface area contributed by atoms with Gasteiger partial charge >= 0.3 is 0 Å². The number of benzene rings is 1. The molecule has 1 saturated carbocycles. The maximum atomic E-state index is 14.3. The summed E-state index contributed by atoms with van der Waals surface area (Å²) >= 11 is 0. The van der Waals surface area contributed by atoms with Gasteiger partial charge in [0.1, 0.15) is 0 Å². The molecule has 2 nitrogen and oxygen atoms in total. The van der Waals surface area contributed by atoms with Crippen molar-refractivity contribution in [3.8, 4) is 5.75 Å². The molecule has 0 radical (unpaired) electrons. The first kappa shape index (κ1) is 17.2. The molecule has 2 fully saturated rings. The smallest absolute Gasteiger partial charge is 0.200 e. The van der Waals surface area contributed by atoms with E-state index in [9.17, 15) is 8.78 Å². The summed E-state index contributed by atoms with van der Waals surface area (Å²) in [5.74, 6) is -0.868. The molecule has 0 bridgehead atoms. The Morgan fingerprint density at radius 3 is 2.46 bits per heavy atom. The lowest BCUT2D eigenvalue weighted by Gasteiger charge is -2.28. The normalized spacial score (nSPS) is 24.7. The molecule has 1 saturated heterocycles. The van der Waals surface area contributed by atoms with Gasteiger partial charge in [-0.05, 0) is 75.1 Å². The van der Waals surface area contributed by atoms with Crippen molar-refractivity contribution in [1.29, 1.82) is 0 Å². The zero-order valence-corrected chi connectivity index (χ0v) is 14.4. The van der Waals surface area contributed by atoms with Gasteiger partial charge < -0.3 is 9.64 Å². The molecule has 3 rings (SSSR count). The molecule has 0 aromatic heterocycles. The predicted molar refractivity (Wildman–Crippen MR) is 92.2 cm³/mol. The van der Waals surface area contributed by atoms with E-state index in [1.54, 1.807) is 19.1 Å². The first-order chi connectivity index (χ1) is 11.7. The minimum atomic E-state index is -0.842. The number of nitrogens with zero attached hydrogens (tertiary/aromatic N) is 1. The van der Waals surface area contributed by atoms with Gasteiger partial charge in [-0.15, -0.1) is 0 Å². The lowest BCUT2D eigenvalue weighted by atomic mass is 9.78. The van der Waals surface area contributed by atoms with Crippen LogP contribution in [0.3, 0.4) is 0 Å². The first-order valence-corrected chi connectivity index (χ1v) is 9.22. The molecule has 132 valence electrons. The second kappa shape index (κ2) is 8.00. The summed E-state index contributed by atoms with van der Waals surface area (Å²) in [7, 11) is 0. The number of halogens is 2. The molecular weight excluding hydrogens is 308 g/mol. The highest BCUT2D eigenvalue weighted by atomic mass is 19.2. The van der Waals surface area contributed by atoms with Gasteiger partial charge in [0.2, 0.25) is 5.82 Å². The summed E-state index contributed by atoms with van der Waals surface area (Å²) in [5.41, 5.74) is 0.512. The van der Waals surface area contributed by atoms with Crippen molar-refractivity contribution in [2.75, 3.05) is 19.7 Å². The number of hydrogen-bond acceptors (Lipinski definition) is 2. The van der Waals surface area contributed by atoms with Crippen LogP contribution in [0.5, 0.6) is 5.75 Å². The van der Waals surface area contributed by atoms with Crippen molar-refractivity contribution >= 4 is 0 Å². The van der Waals surface area contributed by atoms with Gasteiger partial charge in [-0.25, -0.2) is 4.39 Å². The molecule has 1 aromatic carbocycles. The van der Waals surface area contributed by atoms with Crippen molar-refractivity contribution in [2.24, 2.45) is 5.92 Å². The number of hydrogen-bond donors (Lipinski definition) is 0. The second-order valence-electron chi connectivity index (χ2n) is 6.91. The third kappa shape index (κ3) is 3.90. The monoisotopic (exact) mass is 335 g/mol. The predicted octanol–water partition coefficient (Wildman–Crippen LogP) is 5.25. The van der Waals surface area contributed by atoms with Gasteiger partial charge in [-0.3, -0.25) is 0 Å². The highest BCUT2D eigenvalue weighted by Crippen LogP contribution is 2.39. The Morgan fingerprint density at radius 1 is 1.08 bits per heavy atom. The maximum absolute atomic E-state index is 14.3. The van der Waals surface area contributed by atoms with Crippen LogP contribution in [0.1, 0.15) is 56.9 Å². The zero-order chi connectivity index (χ0) is 16.9. The van der Waals surface area contributed by atoms with Crippen molar-refractivity contribution in [1.82, 2.24) is 4.90 Å². The van der Waals surface area contributed by atoms with Crippen LogP contribution in [0.25, 0.3) is 0 Å². The van der Waals surface area contributed by atoms with Crippen molar-refractivity contribution in [3.63, 3.8) is 0 Å². The Labute approximate surface area is 143 Å². The van der Waals surface area contributed by atoms with Gasteiger partial charge in [0, 0.05) is 13.1 Å². The van der Waals surface area contributed by atoms with E-state index in [1.807, 2.05) is 0 Å². The van der Waals surface area contributed by atoms with E-state index in [4.69, 9.17) is 4.74 Å². The average molecular weight is 335 g/mol. The van der Waals surface area contributed by atoms with Crippen LogP contribution in [0, 0.1) is 17.6 Å². The SMILES string of the molecule is CCOc1ccc(C2CCC(/C=C/N3CCCC3)CC2)c(F)c1F. The summed E-state index contributed by atoms with van der Waals surface area (Å²) in [5, 5.41) is 0. The minimum Gasteiger partial charge on any atom is -0.491 e. The molecule has 1 aliphatic carbocycles. The van der Waals surface area contributed by atoms with E-state index in [1.165, 1.54) is 25.9 Å². The van der Waals surface area contributed by atoms with Gasteiger partial charge in [-0.2, -0.15) is 4.39 Å². The summed E-state index contributed by atoms with van der Waals surface area (Å²) in [4.78, 5) is 2.38. The molecule has 1 aliphatic heterocycles. The third-order valence-electron chi connectivity index (χ3n) is 5.30. The van der Waals surface area contributed by atoms with Crippen LogP contribution in [-0.4, -0.2) is 24.6 Å². The molecular formula is C20H27F2NO. The average Bonchev–Trinajstić information content (AvgIpc) is 3.12. The minimum absolute atomic E-state index is 0.0148. The Hall–Kier alpha value is -1.58. The van der Waals surface area contributed by atoms with E-state index < -0.39 is 11.6 Å². The molecule has 4 heteroatoms. The Morgan fingerprint density at radius 2 is 1.79 bits per heavy atom. The maximum Gasteiger partial charge on any atom is 0.200 e. The summed E-state index contributed by atoms with van der Waals surface area (Å²) in [6.07, 6.45) is 11.1. The fourth-order valence-corrected chi connectivity index (χ4v) is 3.89. The molecule has 0 spiro atoms. The van der Waals surface area contributed by atoms with E-state index in [0.29, 0.717) is 18.1 Å². The number of allylic oxidation sites excluding steroid dienone is 1. The van der Waals surface area contributed by atoms with Crippen LogP contribution in [0.2, 0.25) is 0 Å². The number of rotatable bonds is 5. The lowest BCUT2D eigenvalue weighted by Crippen LogP contribution is -2.15. The Balaban J connectivity index is 1.59. The summed E-state index contributed by atoms with van der Waals surface area (Å²) in [6, 6.07) is 3.27. The van der Waals surface area contributed by atoms with E-state index in [-0.39, 0.29) is 11.7 Å². The lowest BCUT2D eigenvalue weighted by molar-refractivity contribution is 0.309. The largest absolute Gasteiger partial charge is 0.491 e. The standard InChI is InChI=1S/C20H27F2NO/c1-2-24-18-10-9-17(19(21)20(18)22)16-7-5-15(6-8-16)11-14-23-12-3-4-13-23/h9-11,14-16H,2-8,12-13H2,1H3/b14-11+. The summed E-state index contributed by atoms with van der Waals surface area (Å²) in [6.45, 7) is 4.44. The fraction of sp³-hybridized carbons (Fsp3) is 0.600. The quantitative estimate of drug-likeness (QED) is 0.729. The van der Waals surface area contributed by atoms with Gasteiger partial charge in [-0.1, -0.05) is 12.1 Å². The van der Waals surface area contributed by atoms with Gasteiger partial charge in [0.05, 0.1) is 6.61 Å². The van der Waals surface area contributed by atoms with Gasteiger partial charge in [0.15, 0.2) is 11.6 Å². The highest BCUT2D eigenvalue weighted by Gasteiger charge is 2.26. The van der Waals surface area contributed by atoms with Crippen molar-refractivity contribution < 1.29 is 13.5 Å². The molecule has 1 aromatic rings. The summed E-state index contributed by atoms with van der Waals surface area (Å²) < 4.78 is 33.5. The van der Waals surface area contributed by atoms with Crippen molar-refractivity contribution in [3.05, 3.63) is 41.6 Å². The fourth-order valence-electron chi connectivity index (χ4n) is 3.89. The van der Waals surface area contributed by atoms with E-state index >= 15 is 0 Å². The topological polar surface area (TPSA) is 12.5 Å². The number of likely N-dealkylation sites (tertiary alicyclic amines) is 1. The van der Waals surface area contributed by atoms with Crippen LogP contribution in [0.4, 0.5) is 8.78 Å². The molecule has 24 heavy (non-hydrogen) atoms. The molecule has 1 heterocycles. The molecule has 0 amide bonds. The van der Waals surface area contributed by atoms with Crippen LogP contribution in [-0.2, 0) is 0 Å². The highest BCUT2D eigenvalue weighted by molar-refractivity contribution is 5.33. The molecule has 2 aliphatic rings. The van der Waals surface area contributed by atoms with Crippen LogP contribution in [0.15, 0.2) is 24.4 Å². The van der Waals surface area contributed by atoms with Crippen molar-refractivity contribution in [2.45, 2.75) is 51.4 Å². The molecule has 0 unspecified atom stereocenters. The first-order valence-electron chi connectivity index (χ1n) is 9.22. The van der Waals surface area contributed by atoms with Gasteiger partial charge in [0.25, 0.3) is 0 Å². The van der Waals surface area contributed by atoms with Crippen LogP contribution < -0.4 is 4.74 Å². The molecule has 0 atom stereocenters.